The Morgan fingerprint density at radius 3 is 2.34 bits per heavy atom. The third-order valence-corrected chi connectivity index (χ3v) is 5.84. The number of benzene rings is 2. The first-order chi connectivity index (χ1) is 14.9. The van der Waals surface area contributed by atoms with Crippen molar-refractivity contribution in [3.8, 4) is 5.75 Å². The number of carboxylic acids is 2. The van der Waals surface area contributed by atoms with Gasteiger partial charge in [-0.25, -0.2) is 17.9 Å². The van der Waals surface area contributed by atoms with Crippen molar-refractivity contribution in [2.24, 2.45) is 0 Å². The normalized spacial score (nSPS) is 12.0. The lowest BCUT2D eigenvalue weighted by Crippen LogP contribution is -2.37. The van der Waals surface area contributed by atoms with Gasteiger partial charge in [0.25, 0.3) is 5.91 Å². The number of aromatic carboxylic acids is 1. The van der Waals surface area contributed by atoms with E-state index in [1.165, 1.54) is 18.2 Å². The zero-order chi connectivity index (χ0) is 24.1. The summed E-state index contributed by atoms with van der Waals surface area (Å²) in [5.41, 5.74) is 0.643. The van der Waals surface area contributed by atoms with Gasteiger partial charge in [0.2, 0.25) is 10.0 Å². The fraction of sp³-hybridized carbons (Fsp3) is 0.200. The summed E-state index contributed by atoms with van der Waals surface area (Å²) in [4.78, 5) is 44.6. The number of aryl methyl sites for hydroxylation is 1. The monoisotopic (exact) mass is 464 g/mol. The summed E-state index contributed by atoms with van der Waals surface area (Å²) in [7, 11) is -4.10. The summed E-state index contributed by atoms with van der Waals surface area (Å²) in [6.07, 6.45) is -0.240. The standard InChI is InChI=1S/C20H20N2O9S/c1-11-6-12(19(27)22-14(10-23)7-18(25)26)2-3-13(11)9-21-32(30,31)15-4-5-17(24)16(8-15)20(28)29/h2-6,8,10,14,21,24H,7,9H2,1H3,(H,22,27)(H,25,26)(H,28,29). The highest BCUT2D eigenvalue weighted by atomic mass is 32.2. The first kappa shape index (κ1) is 24.5. The lowest BCUT2D eigenvalue weighted by atomic mass is 10.0. The number of rotatable bonds is 10. The van der Waals surface area contributed by atoms with Crippen molar-refractivity contribution in [2.75, 3.05) is 0 Å². The van der Waals surface area contributed by atoms with E-state index in [2.05, 4.69) is 10.0 Å². The number of nitrogens with one attached hydrogen (secondary N) is 2. The fourth-order valence-corrected chi connectivity index (χ4v) is 3.75. The van der Waals surface area contributed by atoms with Gasteiger partial charge in [0.15, 0.2) is 0 Å². The van der Waals surface area contributed by atoms with Crippen molar-refractivity contribution in [3.63, 3.8) is 0 Å². The third-order valence-electron chi connectivity index (χ3n) is 4.44. The van der Waals surface area contributed by atoms with E-state index in [1.807, 2.05) is 0 Å². The molecule has 1 unspecified atom stereocenters. The van der Waals surface area contributed by atoms with Crippen molar-refractivity contribution in [1.29, 1.82) is 0 Å². The Labute approximate surface area is 182 Å². The van der Waals surface area contributed by atoms with Crippen LogP contribution in [0.2, 0.25) is 0 Å². The van der Waals surface area contributed by atoms with Crippen LogP contribution >= 0.6 is 0 Å². The summed E-state index contributed by atoms with van der Waals surface area (Å²) in [6, 6.07) is 5.99. The Balaban J connectivity index is 2.13. The van der Waals surface area contributed by atoms with Gasteiger partial charge in [0.1, 0.15) is 17.6 Å². The maximum atomic E-state index is 12.5. The number of aromatic hydroxyl groups is 1. The lowest BCUT2D eigenvalue weighted by Gasteiger charge is -2.13. The van der Waals surface area contributed by atoms with Crippen LogP contribution in [0, 0.1) is 6.92 Å². The quantitative estimate of drug-likeness (QED) is 0.315. The predicted octanol–water partition coefficient (Wildman–Crippen LogP) is 0.649. The molecule has 0 aliphatic heterocycles. The van der Waals surface area contributed by atoms with Gasteiger partial charge in [-0.2, -0.15) is 0 Å². The van der Waals surface area contributed by atoms with E-state index in [9.17, 15) is 32.7 Å². The molecule has 1 atom stereocenters. The molecule has 2 rings (SSSR count). The van der Waals surface area contributed by atoms with Crippen LogP contribution < -0.4 is 10.0 Å². The molecule has 0 aliphatic carbocycles. The zero-order valence-corrected chi connectivity index (χ0v) is 17.5. The molecule has 0 radical (unpaired) electrons. The summed E-state index contributed by atoms with van der Waals surface area (Å²) >= 11 is 0. The van der Waals surface area contributed by atoms with Gasteiger partial charge in [-0.05, 0) is 48.4 Å². The van der Waals surface area contributed by atoms with Gasteiger partial charge in [-0.1, -0.05) is 6.07 Å². The summed E-state index contributed by atoms with van der Waals surface area (Å²) in [5.74, 6) is -3.96. The van der Waals surface area contributed by atoms with Crippen LogP contribution in [0.25, 0.3) is 0 Å². The Bertz CT molecular complexity index is 1180. The zero-order valence-electron chi connectivity index (χ0n) is 16.7. The number of phenols is 1. The summed E-state index contributed by atoms with van der Waals surface area (Å²) < 4.78 is 27.3. The molecule has 2 aromatic carbocycles. The second-order valence-corrected chi connectivity index (χ2v) is 8.53. The maximum absolute atomic E-state index is 12.5. The topological polar surface area (TPSA) is 187 Å². The third kappa shape index (κ3) is 6.12. The Hall–Kier alpha value is -3.77. The van der Waals surface area contributed by atoms with Gasteiger partial charge < -0.3 is 25.4 Å². The highest BCUT2D eigenvalue weighted by Crippen LogP contribution is 2.21. The van der Waals surface area contributed by atoms with Crippen LogP contribution in [0.4, 0.5) is 0 Å². The molecule has 0 saturated carbocycles. The SMILES string of the molecule is Cc1cc(C(=O)NC(C=O)CC(=O)O)ccc1CNS(=O)(=O)c1ccc(O)c(C(=O)O)c1. The number of hydrogen-bond acceptors (Lipinski definition) is 7. The Morgan fingerprint density at radius 1 is 1.09 bits per heavy atom. The van der Waals surface area contributed by atoms with E-state index in [1.54, 1.807) is 6.92 Å². The molecule has 0 fully saturated rings. The van der Waals surface area contributed by atoms with E-state index < -0.39 is 51.6 Å². The van der Waals surface area contributed by atoms with Gasteiger partial charge in [0.05, 0.1) is 17.4 Å². The molecule has 170 valence electrons. The average Bonchev–Trinajstić information content (AvgIpc) is 2.71. The molecule has 5 N–H and O–H groups in total. The largest absolute Gasteiger partial charge is 0.507 e. The van der Waals surface area contributed by atoms with Gasteiger partial charge in [0, 0.05) is 12.1 Å². The van der Waals surface area contributed by atoms with Gasteiger partial charge >= 0.3 is 11.9 Å². The second kappa shape index (κ2) is 10.0. The van der Waals surface area contributed by atoms with Crippen LogP contribution in [0.3, 0.4) is 0 Å². The number of carbonyl (C=O) groups is 4. The summed E-state index contributed by atoms with van der Waals surface area (Å²) in [5, 5.41) is 29.6. The molecule has 1 amide bonds. The molecular weight excluding hydrogens is 444 g/mol. The molecule has 0 aromatic heterocycles. The molecular formula is C20H20N2O9S. The highest BCUT2D eigenvalue weighted by molar-refractivity contribution is 7.89. The van der Waals surface area contributed by atoms with Crippen LogP contribution in [-0.2, 0) is 26.2 Å². The lowest BCUT2D eigenvalue weighted by molar-refractivity contribution is -0.138. The van der Waals surface area contributed by atoms with Crippen molar-refractivity contribution in [2.45, 2.75) is 30.8 Å². The molecule has 0 saturated heterocycles. The number of aldehydes is 1. The van der Waals surface area contributed by atoms with Crippen molar-refractivity contribution >= 4 is 34.2 Å². The minimum Gasteiger partial charge on any atom is -0.507 e. The first-order valence-corrected chi connectivity index (χ1v) is 10.6. The fourth-order valence-electron chi connectivity index (χ4n) is 2.72. The Morgan fingerprint density at radius 2 is 1.78 bits per heavy atom. The van der Waals surface area contributed by atoms with E-state index >= 15 is 0 Å². The predicted molar refractivity (Wildman–Crippen MR) is 110 cm³/mol. The number of amides is 1. The average molecular weight is 464 g/mol. The molecule has 11 nitrogen and oxygen atoms in total. The van der Waals surface area contributed by atoms with Crippen LogP contribution in [-0.4, -0.2) is 53.9 Å². The summed E-state index contributed by atoms with van der Waals surface area (Å²) in [6.45, 7) is 1.45. The van der Waals surface area contributed by atoms with Crippen LogP contribution in [0.15, 0.2) is 41.3 Å². The number of aliphatic carboxylic acids is 1. The molecule has 32 heavy (non-hydrogen) atoms. The van der Waals surface area contributed by atoms with Crippen LogP contribution in [0.5, 0.6) is 5.75 Å². The number of carbonyl (C=O) groups excluding carboxylic acids is 2. The van der Waals surface area contributed by atoms with Crippen molar-refractivity contribution < 1.29 is 42.9 Å². The molecule has 2 aromatic rings. The molecule has 0 aliphatic rings. The van der Waals surface area contributed by atoms with E-state index in [-0.39, 0.29) is 17.0 Å². The first-order valence-electron chi connectivity index (χ1n) is 9.08. The van der Waals surface area contributed by atoms with Crippen molar-refractivity contribution in [3.05, 3.63) is 58.7 Å². The number of sulfonamides is 1. The Kier molecular flexibility index (Phi) is 7.67. The number of carboxylic acid groups (broad SMARTS) is 2. The van der Waals surface area contributed by atoms with Gasteiger partial charge in [-0.3, -0.25) is 9.59 Å². The molecule has 12 heteroatoms. The molecule has 0 bridgehead atoms. The van der Waals surface area contributed by atoms with E-state index in [4.69, 9.17) is 10.2 Å². The minimum absolute atomic E-state index is 0.149. The molecule has 0 spiro atoms. The smallest absolute Gasteiger partial charge is 0.339 e. The number of hydrogen-bond donors (Lipinski definition) is 5. The van der Waals surface area contributed by atoms with Crippen molar-refractivity contribution in [1.82, 2.24) is 10.0 Å². The van der Waals surface area contributed by atoms with Gasteiger partial charge in [-0.15, -0.1) is 0 Å². The van der Waals surface area contributed by atoms with Crippen LogP contribution in [0.1, 0.15) is 38.3 Å². The molecule has 0 heterocycles. The maximum Gasteiger partial charge on any atom is 0.339 e. The van der Waals surface area contributed by atoms with E-state index in [0.717, 1.165) is 18.2 Å². The second-order valence-electron chi connectivity index (χ2n) is 6.76. The minimum atomic E-state index is -4.10. The highest BCUT2D eigenvalue weighted by Gasteiger charge is 2.20. The van der Waals surface area contributed by atoms with E-state index in [0.29, 0.717) is 17.4 Å².